The topological polar surface area (TPSA) is 60.5 Å². The van der Waals surface area contributed by atoms with E-state index in [2.05, 4.69) is 10.3 Å². The maximum Gasteiger partial charge on any atom is 0.258 e. The average molecular weight is 336 g/mol. The number of aromatic nitrogens is 1. The van der Waals surface area contributed by atoms with Crippen molar-refractivity contribution in [3.63, 3.8) is 0 Å². The van der Waals surface area contributed by atoms with Crippen LogP contribution in [0.15, 0.2) is 54.6 Å². The highest BCUT2D eigenvalue weighted by atomic mass is 16.5. The minimum atomic E-state index is -0.188. The first-order valence-corrected chi connectivity index (χ1v) is 8.04. The van der Waals surface area contributed by atoms with Gasteiger partial charge in [0.2, 0.25) is 0 Å². The summed E-state index contributed by atoms with van der Waals surface area (Å²) in [5.74, 6) is 1.19. The number of benzene rings is 2. The number of para-hydroxylation sites is 1. The number of ether oxygens (including phenoxy) is 2. The molecule has 3 aromatic rings. The van der Waals surface area contributed by atoms with Crippen molar-refractivity contribution < 1.29 is 14.3 Å². The van der Waals surface area contributed by atoms with Crippen LogP contribution in [-0.4, -0.2) is 24.6 Å². The van der Waals surface area contributed by atoms with Gasteiger partial charge in [0.05, 0.1) is 7.11 Å². The molecule has 128 valence electrons. The third kappa shape index (κ3) is 4.26. The molecule has 0 radical (unpaired) electrons. The second-order valence-corrected chi connectivity index (χ2v) is 5.70. The normalized spacial score (nSPS) is 10.5. The zero-order chi connectivity index (χ0) is 17.6. The van der Waals surface area contributed by atoms with Gasteiger partial charge >= 0.3 is 0 Å². The predicted octanol–water partition coefficient (Wildman–Crippen LogP) is 3.25. The number of fused-ring (bicyclic) bond motifs is 1. The largest absolute Gasteiger partial charge is 0.497 e. The fourth-order valence-corrected chi connectivity index (χ4v) is 2.51. The Kier molecular flexibility index (Phi) is 5.14. The molecule has 2 aromatic carbocycles. The quantitative estimate of drug-likeness (QED) is 0.751. The number of amides is 1. The van der Waals surface area contributed by atoms with Crippen LogP contribution in [0.25, 0.3) is 10.9 Å². The molecule has 0 bridgehead atoms. The lowest BCUT2D eigenvalue weighted by Gasteiger charge is -2.10. The number of rotatable bonds is 6. The Hall–Kier alpha value is -3.08. The predicted molar refractivity (Wildman–Crippen MR) is 96.8 cm³/mol. The molecule has 0 aliphatic rings. The van der Waals surface area contributed by atoms with Crippen LogP contribution in [0.2, 0.25) is 0 Å². The SMILES string of the molecule is COc1cccc(CNC(=O)COc2cccc3ccc(C)nc23)c1. The van der Waals surface area contributed by atoms with Gasteiger partial charge in [-0.05, 0) is 36.8 Å². The summed E-state index contributed by atoms with van der Waals surface area (Å²) in [4.78, 5) is 16.6. The lowest BCUT2D eigenvalue weighted by atomic mass is 10.2. The van der Waals surface area contributed by atoms with E-state index in [1.807, 2.05) is 61.5 Å². The number of aryl methyl sites for hydroxylation is 1. The molecular formula is C20H20N2O3. The molecule has 0 atom stereocenters. The summed E-state index contributed by atoms with van der Waals surface area (Å²) in [5, 5.41) is 3.83. The highest BCUT2D eigenvalue weighted by Gasteiger charge is 2.07. The van der Waals surface area contributed by atoms with Crippen molar-refractivity contribution in [1.82, 2.24) is 10.3 Å². The van der Waals surface area contributed by atoms with Gasteiger partial charge in [0.1, 0.15) is 17.0 Å². The molecule has 0 aliphatic carbocycles. The highest BCUT2D eigenvalue weighted by Crippen LogP contribution is 2.23. The second kappa shape index (κ2) is 7.66. The van der Waals surface area contributed by atoms with Crippen LogP contribution in [0.5, 0.6) is 11.5 Å². The first-order chi connectivity index (χ1) is 12.2. The van der Waals surface area contributed by atoms with E-state index in [0.29, 0.717) is 12.3 Å². The van der Waals surface area contributed by atoms with Crippen molar-refractivity contribution in [2.75, 3.05) is 13.7 Å². The molecule has 1 amide bonds. The van der Waals surface area contributed by atoms with E-state index in [-0.39, 0.29) is 12.5 Å². The van der Waals surface area contributed by atoms with Crippen molar-refractivity contribution >= 4 is 16.8 Å². The monoisotopic (exact) mass is 336 g/mol. The van der Waals surface area contributed by atoms with E-state index >= 15 is 0 Å². The summed E-state index contributed by atoms with van der Waals surface area (Å²) in [7, 11) is 1.62. The molecule has 5 nitrogen and oxygen atoms in total. The maximum absolute atomic E-state index is 12.1. The maximum atomic E-state index is 12.1. The average Bonchev–Trinajstić information content (AvgIpc) is 2.64. The van der Waals surface area contributed by atoms with Gasteiger partial charge in [0.15, 0.2) is 6.61 Å². The zero-order valence-corrected chi connectivity index (χ0v) is 14.3. The molecular weight excluding hydrogens is 316 g/mol. The van der Waals surface area contributed by atoms with Gasteiger partial charge in [-0.3, -0.25) is 4.79 Å². The van der Waals surface area contributed by atoms with Crippen LogP contribution >= 0.6 is 0 Å². The minimum Gasteiger partial charge on any atom is -0.497 e. The van der Waals surface area contributed by atoms with E-state index in [1.165, 1.54) is 0 Å². The smallest absolute Gasteiger partial charge is 0.258 e. The van der Waals surface area contributed by atoms with Gasteiger partial charge < -0.3 is 14.8 Å². The van der Waals surface area contributed by atoms with E-state index < -0.39 is 0 Å². The Labute approximate surface area is 146 Å². The van der Waals surface area contributed by atoms with Crippen molar-refractivity contribution in [2.45, 2.75) is 13.5 Å². The Morgan fingerprint density at radius 2 is 1.96 bits per heavy atom. The third-order valence-electron chi connectivity index (χ3n) is 3.81. The molecule has 0 spiro atoms. The van der Waals surface area contributed by atoms with E-state index in [4.69, 9.17) is 9.47 Å². The standard InChI is InChI=1S/C20H20N2O3/c1-14-9-10-16-6-4-8-18(20(16)22-14)25-13-19(23)21-12-15-5-3-7-17(11-15)24-2/h3-11H,12-13H2,1-2H3,(H,21,23). The molecule has 0 saturated carbocycles. The summed E-state index contributed by atoms with van der Waals surface area (Å²) in [6.45, 7) is 2.29. The Bertz CT molecular complexity index is 893. The van der Waals surface area contributed by atoms with Crippen LogP contribution in [0.3, 0.4) is 0 Å². The number of methoxy groups -OCH3 is 1. The second-order valence-electron chi connectivity index (χ2n) is 5.70. The summed E-state index contributed by atoms with van der Waals surface area (Å²) in [6.07, 6.45) is 0. The van der Waals surface area contributed by atoms with Crippen molar-refractivity contribution in [2.24, 2.45) is 0 Å². The van der Waals surface area contributed by atoms with Gasteiger partial charge in [-0.25, -0.2) is 4.98 Å². The summed E-state index contributed by atoms with van der Waals surface area (Å²) in [6, 6.07) is 17.2. The van der Waals surface area contributed by atoms with Crippen LogP contribution in [0.4, 0.5) is 0 Å². The Morgan fingerprint density at radius 3 is 2.80 bits per heavy atom. The summed E-state index contributed by atoms with van der Waals surface area (Å²) >= 11 is 0. The number of hydrogen-bond acceptors (Lipinski definition) is 4. The number of pyridine rings is 1. The fraction of sp³-hybridized carbons (Fsp3) is 0.200. The van der Waals surface area contributed by atoms with Gasteiger partial charge in [0, 0.05) is 17.6 Å². The fourth-order valence-electron chi connectivity index (χ4n) is 2.51. The number of nitrogens with one attached hydrogen (secondary N) is 1. The molecule has 5 heteroatoms. The molecule has 0 saturated heterocycles. The van der Waals surface area contributed by atoms with Gasteiger partial charge in [0.25, 0.3) is 5.91 Å². The van der Waals surface area contributed by atoms with Crippen LogP contribution < -0.4 is 14.8 Å². The zero-order valence-electron chi connectivity index (χ0n) is 14.3. The first kappa shape index (κ1) is 16.8. The van der Waals surface area contributed by atoms with Crippen LogP contribution in [0.1, 0.15) is 11.3 Å². The third-order valence-corrected chi connectivity index (χ3v) is 3.81. The van der Waals surface area contributed by atoms with Gasteiger partial charge in [-0.2, -0.15) is 0 Å². The summed E-state index contributed by atoms with van der Waals surface area (Å²) in [5.41, 5.74) is 2.64. The lowest BCUT2D eigenvalue weighted by Crippen LogP contribution is -2.28. The first-order valence-electron chi connectivity index (χ1n) is 8.04. The molecule has 0 fully saturated rings. The van der Waals surface area contributed by atoms with E-state index in [9.17, 15) is 4.79 Å². The van der Waals surface area contributed by atoms with E-state index in [0.717, 1.165) is 27.9 Å². The van der Waals surface area contributed by atoms with Crippen molar-refractivity contribution in [3.05, 3.63) is 65.9 Å². The molecule has 0 aliphatic heterocycles. The molecule has 0 unspecified atom stereocenters. The lowest BCUT2D eigenvalue weighted by molar-refractivity contribution is -0.123. The van der Waals surface area contributed by atoms with E-state index in [1.54, 1.807) is 7.11 Å². The van der Waals surface area contributed by atoms with Gasteiger partial charge in [-0.1, -0.05) is 30.3 Å². The van der Waals surface area contributed by atoms with Crippen molar-refractivity contribution in [3.8, 4) is 11.5 Å². The van der Waals surface area contributed by atoms with Crippen LogP contribution in [0, 0.1) is 6.92 Å². The minimum absolute atomic E-state index is 0.0568. The molecule has 1 N–H and O–H groups in total. The number of carbonyl (C=O) groups excluding carboxylic acids is 1. The molecule has 25 heavy (non-hydrogen) atoms. The number of carbonyl (C=O) groups is 1. The van der Waals surface area contributed by atoms with Crippen LogP contribution in [-0.2, 0) is 11.3 Å². The Balaban J connectivity index is 1.60. The van der Waals surface area contributed by atoms with Gasteiger partial charge in [-0.15, -0.1) is 0 Å². The highest BCUT2D eigenvalue weighted by molar-refractivity contribution is 5.85. The molecule has 3 rings (SSSR count). The molecule has 1 heterocycles. The molecule has 1 aromatic heterocycles. The van der Waals surface area contributed by atoms with Crippen molar-refractivity contribution in [1.29, 1.82) is 0 Å². The number of hydrogen-bond donors (Lipinski definition) is 1. The Morgan fingerprint density at radius 1 is 1.12 bits per heavy atom. The summed E-state index contributed by atoms with van der Waals surface area (Å²) < 4.78 is 10.8. The number of nitrogens with zero attached hydrogens (tertiary/aromatic N) is 1.